The van der Waals surface area contributed by atoms with Crippen molar-refractivity contribution in [2.75, 3.05) is 32.8 Å². The van der Waals surface area contributed by atoms with Crippen molar-refractivity contribution in [1.29, 1.82) is 0 Å². The number of hydrogen-bond acceptors (Lipinski definition) is 4. The van der Waals surface area contributed by atoms with Gasteiger partial charge in [-0.05, 0) is 6.92 Å². The quantitative estimate of drug-likeness (QED) is 0.586. The Morgan fingerprint density at radius 1 is 1.47 bits per heavy atom. The molecule has 6 nitrogen and oxygen atoms in total. The van der Waals surface area contributed by atoms with Crippen molar-refractivity contribution >= 4 is 11.8 Å². The van der Waals surface area contributed by atoms with Crippen LogP contribution in [0.4, 0.5) is 0 Å². The monoisotopic (exact) mass is 215 g/mol. The second-order valence-corrected chi connectivity index (χ2v) is 3.58. The van der Waals surface area contributed by atoms with Gasteiger partial charge in [0.15, 0.2) is 0 Å². The summed E-state index contributed by atoms with van der Waals surface area (Å²) < 4.78 is 5.15. The maximum atomic E-state index is 11.4. The van der Waals surface area contributed by atoms with Crippen LogP contribution in [0.2, 0.25) is 0 Å². The lowest BCUT2D eigenvalue weighted by molar-refractivity contribution is -0.128. The van der Waals surface area contributed by atoms with Crippen molar-refractivity contribution in [3.8, 4) is 0 Å². The van der Waals surface area contributed by atoms with Crippen molar-refractivity contribution in [2.24, 2.45) is 5.73 Å². The van der Waals surface area contributed by atoms with Crippen LogP contribution in [0.3, 0.4) is 0 Å². The molecule has 0 spiro atoms. The molecule has 1 rings (SSSR count). The summed E-state index contributed by atoms with van der Waals surface area (Å²) >= 11 is 0. The Morgan fingerprint density at radius 3 is 2.60 bits per heavy atom. The van der Waals surface area contributed by atoms with Crippen LogP contribution in [0.5, 0.6) is 0 Å². The number of rotatable bonds is 4. The molecular formula is C9H17N3O3. The first-order valence-corrected chi connectivity index (χ1v) is 4.98. The van der Waals surface area contributed by atoms with Gasteiger partial charge in [-0.2, -0.15) is 0 Å². The van der Waals surface area contributed by atoms with Crippen molar-refractivity contribution in [1.82, 2.24) is 10.2 Å². The highest BCUT2D eigenvalue weighted by Crippen LogP contribution is 1.95. The predicted molar refractivity (Wildman–Crippen MR) is 54.1 cm³/mol. The van der Waals surface area contributed by atoms with E-state index >= 15 is 0 Å². The Balaban J connectivity index is 2.25. The van der Waals surface area contributed by atoms with Crippen LogP contribution in [-0.2, 0) is 14.3 Å². The van der Waals surface area contributed by atoms with Gasteiger partial charge in [-0.25, -0.2) is 0 Å². The molecule has 6 heteroatoms. The van der Waals surface area contributed by atoms with E-state index in [2.05, 4.69) is 5.32 Å². The maximum absolute atomic E-state index is 11.4. The third-order valence-corrected chi connectivity index (χ3v) is 2.28. The van der Waals surface area contributed by atoms with Gasteiger partial charge < -0.3 is 15.8 Å². The van der Waals surface area contributed by atoms with E-state index in [9.17, 15) is 9.59 Å². The van der Waals surface area contributed by atoms with Crippen LogP contribution in [0.1, 0.15) is 6.92 Å². The summed E-state index contributed by atoms with van der Waals surface area (Å²) in [5, 5.41) is 2.53. The summed E-state index contributed by atoms with van der Waals surface area (Å²) in [6.07, 6.45) is 0. The van der Waals surface area contributed by atoms with Crippen LogP contribution in [0, 0.1) is 0 Å². The predicted octanol–water partition coefficient (Wildman–Crippen LogP) is -1.69. The van der Waals surface area contributed by atoms with Gasteiger partial charge >= 0.3 is 0 Å². The minimum Gasteiger partial charge on any atom is -0.379 e. The van der Waals surface area contributed by atoms with E-state index in [-0.39, 0.29) is 5.91 Å². The lowest BCUT2D eigenvalue weighted by Crippen LogP contribution is -2.48. The number of nitrogens with zero attached hydrogens (tertiary/aromatic N) is 1. The highest BCUT2D eigenvalue weighted by molar-refractivity contribution is 5.86. The average Bonchev–Trinajstić information content (AvgIpc) is 2.18. The summed E-state index contributed by atoms with van der Waals surface area (Å²) in [5.41, 5.74) is 5.03. The fourth-order valence-electron chi connectivity index (χ4n) is 1.32. The van der Waals surface area contributed by atoms with Gasteiger partial charge in [0, 0.05) is 13.1 Å². The Kier molecular flexibility index (Phi) is 4.51. The SMILES string of the molecule is CC(NC(=O)CN1CCOCC1)C(N)=O. The minimum absolute atomic E-state index is 0.178. The molecule has 1 unspecified atom stereocenters. The molecule has 0 aromatic heterocycles. The summed E-state index contributed by atoms with van der Waals surface area (Å²) in [4.78, 5) is 24.1. The zero-order valence-electron chi connectivity index (χ0n) is 8.86. The van der Waals surface area contributed by atoms with Crippen LogP contribution < -0.4 is 11.1 Å². The number of amides is 2. The highest BCUT2D eigenvalue weighted by Gasteiger charge is 2.16. The smallest absolute Gasteiger partial charge is 0.239 e. The van der Waals surface area contributed by atoms with Crippen molar-refractivity contribution in [3.05, 3.63) is 0 Å². The van der Waals surface area contributed by atoms with E-state index in [1.165, 1.54) is 0 Å². The van der Waals surface area contributed by atoms with Gasteiger partial charge in [0.2, 0.25) is 11.8 Å². The van der Waals surface area contributed by atoms with Gasteiger partial charge in [0.1, 0.15) is 6.04 Å². The molecule has 0 aromatic carbocycles. The molecule has 86 valence electrons. The number of ether oxygens (including phenoxy) is 1. The lowest BCUT2D eigenvalue weighted by atomic mass is 10.3. The molecule has 0 aliphatic carbocycles. The normalized spacial score (nSPS) is 19.5. The van der Waals surface area contributed by atoms with Crippen molar-refractivity contribution in [2.45, 2.75) is 13.0 Å². The molecule has 0 saturated carbocycles. The zero-order valence-corrected chi connectivity index (χ0v) is 8.86. The summed E-state index contributed by atoms with van der Waals surface area (Å²) in [5.74, 6) is -0.700. The molecule has 1 fully saturated rings. The molecule has 0 radical (unpaired) electrons. The van der Waals surface area contributed by atoms with Gasteiger partial charge in [0.05, 0.1) is 19.8 Å². The van der Waals surface area contributed by atoms with E-state index < -0.39 is 11.9 Å². The maximum Gasteiger partial charge on any atom is 0.239 e. The number of primary amides is 1. The fourth-order valence-corrected chi connectivity index (χ4v) is 1.32. The first-order valence-electron chi connectivity index (χ1n) is 4.98. The number of nitrogens with one attached hydrogen (secondary N) is 1. The van der Waals surface area contributed by atoms with Gasteiger partial charge in [-0.15, -0.1) is 0 Å². The second-order valence-electron chi connectivity index (χ2n) is 3.58. The second kappa shape index (κ2) is 5.67. The molecule has 3 N–H and O–H groups in total. The molecule has 2 amide bonds. The van der Waals surface area contributed by atoms with E-state index in [4.69, 9.17) is 10.5 Å². The number of hydrogen-bond donors (Lipinski definition) is 2. The summed E-state index contributed by atoms with van der Waals surface area (Å²) in [7, 11) is 0. The third-order valence-electron chi connectivity index (χ3n) is 2.28. The van der Waals surface area contributed by atoms with E-state index in [1.807, 2.05) is 4.90 Å². The molecule has 1 aliphatic rings. The topological polar surface area (TPSA) is 84.7 Å². The highest BCUT2D eigenvalue weighted by atomic mass is 16.5. The van der Waals surface area contributed by atoms with Crippen LogP contribution in [0.15, 0.2) is 0 Å². The Morgan fingerprint density at radius 2 is 2.07 bits per heavy atom. The summed E-state index contributed by atoms with van der Waals surface area (Å²) in [6.45, 7) is 4.66. The van der Waals surface area contributed by atoms with Gasteiger partial charge in [0.25, 0.3) is 0 Å². The first kappa shape index (κ1) is 11.9. The van der Waals surface area contributed by atoms with Crippen LogP contribution in [-0.4, -0.2) is 55.6 Å². The van der Waals surface area contributed by atoms with Crippen molar-refractivity contribution in [3.63, 3.8) is 0 Å². The van der Waals surface area contributed by atoms with Crippen LogP contribution >= 0.6 is 0 Å². The lowest BCUT2D eigenvalue weighted by Gasteiger charge is -2.26. The Bertz CT molecular complexity index is 239. The number of nitrogens with two attached hydrogens (primary N) is 1. The van der Waals surface area contributed by atoms with E-state index in [0.717, 1.165) is 13.1 Å². The van der Waals surface area contributed by atoms with Crippen LogP contribution in [0.25, 0.3) is 0 Å². The Labute approximate surface area is 88.7 Å². The first-order chi connectivity index (χ1) is 7.09. The molecule has 15 heavy (non-hydrogen) atoms. The van der Waals surface area contributed by atoms with Gasteiger partial charge in [-0.3, -0.25) is 14.5 Å². The van der Waals surface area contributed by atoms with Crippen molar-refractivity contribution < 1.29 is 14.3 Å². The van der Waals surface area contributed by atoms with E-state index in [0.29, 0.717) is 19.8 Å². The number of morpholine rings is 1. The fraction of sp³-hybridized carbons (Fsp3) is 0.778. The molecule has 1 atom stereocenters. The molecule has 0 bridgehead atoms. The number of carbonyl (C=O) groups is 2. The molecule has 1 heterocycles. The standard InChI is InChI=1S/C9H17N3O3/c1-7(9(10)14)11-8(13)6-12-2-4-15-5-3-12/h7H,2-6H2,1H3,(H2,10,14)(H,11,13). The van der Waals surface area contributed by atoms with Gasteiger partial charge in [-0.1, -0.05) is 0 Å². The summed E-state index contributed by atoms with van der Waals surface area (Å²) in [6, 6.07) is -0.612. The minimum atomic E-state index is -0.612. The number of carbonyl (C=O) groups excluding carboxylic acids is 2. The van der Waals surface area contributed by atoms with E-state index in [1.54, 1.807) is 6.92 Å². The molecular weight excluding hydrogens is 198 g/mol. The average molecular weight is 215 g/mol. The third kappa shape index (κ3) is 4.26. The Hall–Kier alpha value is -1.14. The zero-order chi connectivity index (χ0) is 11.3. The molecule has 1 aliphatic heterocycles. The molecule has 1 saturated heterocycles. The molecule has 0 aromatic rings. The largest absolute Gasteiger partial charge is 0.379 e.